The highest BCUT2D eigenvalue weighted by Crippen LogP contribution is 2.67. The van der Waals surface area contributed by atoms with Crippen molar-refractivity contribution >= 4 is 18.4 Å². The molecule has 0 aliphatic heterocycles. The highest BCUT2D eigenvalue weighted by atomic mass is 35.5. The third-order valence-electron chi connectivity index (χ3n) is 11.2. The second-order valence-electron chi connectivity index (χ2n) is 12.6. The summed E-state index contributed by atoms with van der Waals surface area (Å²) >= 11 is 0. The van der Waals surface area contributed by atoms with E-state index in [-0.39, 0.29) is 35.1 Å². The second kappa shape index (κ2) is 9.59. The topological polar surface area (TPSA) is 78.8 Å². The van der Waals surface area contributed by atoms with Crippen molar-refractivity contribution in [2.24, 2.45) is 40.4 Å². The van der Waals surface area contributed by atoms with Crippen molar-refractivity contribution in [1.29, 1.82) is 0 Å². The quantitative estimate of drug-likeness (QED) is 0.516. The zero-order valence-electron chi connectivity index (χ0n) is 20.8. The molecule has 5 nitrogen and oxygen atoms in total. The number of aliphatic hydroxyl groups excluding tert-OH is 2. The Morgan fingerprint density at radius 2 is 1.64 bits per heavy atom. The predicted octanol–water partition coefficient (Wildman–Crippen LogP) is 4.47. The van der Waals surface area contributed by atoms with Crippen molar-refractivity contribution in [2.75, 3.05) is 7.11 Å². The molecule has 33 heavy (non-hydrogen) atoms. The maximum atomic E-state index is 12.8. The van der Waals surface area contributed by atoms with Gasteiger partial charge in [-0.2, -0.15) is 0 Å². The first-order valence-corrected chi connectivity index (χ1v) is 13.5. The summed E-state index contributed by atoms with van der Waals surface area (Å²) in [6.07, 6.45) is 12.2. The number of hydrogen-bond acceptors (Lipinski definition) is 5. The summed E-state index contributed by atoms with van der Waals surface area (Å²) in [4.78, 5) is 12.8. The molecule has 5 unspecified atom stereocenters. The summed E-state index contributed by atoms with van der Waals surface area (Å²) in [6, 6.07) is 0.959. The third kappa shape index (κ3) is 4.17. The number of halogens is 1. The number of fused-ring (bicyclic) bond motifs is 5. The van der Waals surface area contributed by atoms with Crippen molar-refractivity contribution in [3.8, 4) is 0 Å². The Hall–Kier alpha value is -0.360. The first kappa shape index (κ1) is 25.7. The Morgan fingerprint density at radius 3 is 2.33 bits per heavy atom. The smallest absolute Gasteiger partial charge is 0.309 e. The van der Waals surface area contributed by atoms with Crippen LogP contribution in [0.3, 0.4) is 0 Å². The Labute approximate surface area is 206 Å². The van der Waals surface area contributed by atoms with Gasteiger partial charge in [-0.25, -0.2) is 0 Å². The minimum absolute atomic E-state index is 0. The van der Waals surface area contributed by atoms with Gasteiger partial charge < -0.3 is 20.3 Å². The number of carbonyl (C=O) groups excluding carboxylic acids is 1. The first-order valence-electron chi connectivity index (χ1n) is 13.5. The Balaban J connectivity index is 0.00000259. The summed E-state index contributed by atoms with van der Waals surface area (Å²) in [5.41, 5.74) is 0.0508. The molecule has 6 heteroatoms. The fourth-order valence-electron chi connectivity index (χ4n) is 9.72. The zero-order chi connectivity index (χ0) is 22.7. The van der Waals surface area contributed by atoms with Crippen molar-refractivity contribution in [3.63, 3.8) is 0 Å². The van der Waals surface area contributed by atoms with Crippen LogP contribution in [0.15, 0.2) is 0 Å². The zero-order valence-corrected chi connectivity index (χ0v) is 21.6. The van der Waals surface area contributed by atoms with Crippen LogP contribution in [0.2, 0.25) is 0 Å². The van der Waals surface area contributed by atoms with Crippen LogP contribution in [0.4, 0.5) is 0 Å². The number of nitrogens with one attached hydrogen (secondary N) is 1. The maximum Gasteiger partial charge on any atom is 0.309 e. The van der Waals surface area contributed by atoms with Crippen molar-refractivity contribution in [3.05, 3.63) is 0 Å². The van der Waals surface area contributed by atoms with Gasteiger partial charge in [0.1, 0.15) is 0 Å². The van der Waals surface area contributed by atoms with E-state index in [1.165, 1.54) is 38.5 Å². The molecule has 0 amide bonds. The van der Waals surface area contributed by atoms with Gasteiger partial charge in [0.05, 0.1) is 25.2 Å². The molecule has 0 saturated heterocycles. The Morgan fingerprint density at radius 1 is 0.909 bits per heavy atom. The number of ether oxygens (including phenoxy) is 1. The SMILES string of the molecule is COC(=O)C1CC[C@H]2[C@@H]3CCC4CC(O)C(O)C[C@]4(C)[C@@H]3C(NC3CCCCC3)C[C@]12C.Cl. The van der Waals surface area contributed by atoms with Crippen LogP contribution in [0, 0.1) is 40.4 Å². The summed E-state index contributed by atoms with van der Waals surface area (Å²) in [7, 11) is 1.55. The van der Waals surface area contributed by atoms with E-state index < -0.39 is 12.2 Å². The van der Waals surface area contributed by atoms with Crippen LogP contribution < -0.4 is 5.32 Å². The van der Waals surface area contributed by atoms with E-state index >= 15 is 0 Å². The molecule has 5 rings (SSSR count). The van der Waals surface area contributed by atoms with Gasteiger partial charge >= 0.3 is 5.97 Å². The summed E-state index contributed by atoms with van der Waals surface area (Å²) in [6.45, 7) is 4.81. The largest absolute Gasteiger partial charge is 0.469 e. The number of rotatable bonds is 3. The van der Waals surface area contributed by atoms with Crippen molar-refractivity contribution < 1.29 is 19.7 Å². The lowest BCUT2D eigenvalue weighted by Gasteiger charge is -2.64. The molecule has 0 aromatic carbocycles. The van der Waals surface area contributed by atoms with Crippen LogP contribution in [0.5, 0.6) is 0 Å². The minimum atomic E-state index is -0.606. The van der Waals surface area contributed by atoms with E-state index in [2.05, 4.69) is 19.2 Å². The fourth-order valence-corrected chi connectivity index (χ4v) is 9.72. The van der Waals surface area contributed by atoms with Gasteiger partial charge in [-0.1, -0.05) is 33.1 Å². The van der Waals surface area contributed by atoms with Gasteiger partial charge in [-0.15, -0.1) is 12.4 Å². The number of carbonyl (C=O) groups is 1. The molecule has 5 aliphatic carbocycles. The molecule has 5 saturated carbocycles. The highest BCUT2D eigenvalue weighted by molar-refractivity contribution is 5.85. The standard InChI is InChI=1S/C27H45NO4.ClH/c1-26-15-23(30)22(29)13-16(26)9-10-18-19-11-12-20(25(31)32-3)27(19,2)14-21(24(18)26)28-17-7-5-4-6-8-17;/h16-24,28-30H,4-15H2,1-3H3;1H/t16?,18-,19-,20?,21?,22?,23?,24-,26-,27-;/m0./s1. The van der Waals surface area contributed by atoms with E-state index in [1.807, 2.05) is 0 Å². The molecule has 0 bridgehead atoms. The van der Waals surface area contributed by atoms with Crippen LogP contribution in [-0.2, 0) is 9.53 Å². The molecule has 0 aromatic rings. The average molecular weight is 484 g/mol. The lowest BCUT2D eigenvalue weighted by atomic mass is 9.43. The number of hydrogen-bond donors (Lipinski definition) is 3. The first-order chi connectivity index (χ1) is 15.3. The maximum absolute atomic E-state index is 12.8. The van der Waals surface area contributed by atoms with Crippen molar-refractivity contribution in [2.45, 2.75) is 115 Å². The van der Waals surface area contributed by atoms with Gasteiger partial charge in [0.15, 0.2) is 0 Å². The summed E-state index contributed by atoms with van der Waals surface area (Å²) in [5.74, 6) is 2.15. The lowest BCUT2D eigenvalue weighted by Crippen LogP contribution is -2.64. The third-order valence-corrected chi connectivity index (χ3v) is 11.2. The molecule has 5 aliphatic rings. The molecular formula is C27H46ClNO4. The molecule has 5 fully saturated rings. The molecular weight excluding hydrogens is 438 g/mol. The van der Waals surface area contributed by atoms with Gasteiger partial charge in [0.2, 0.25) is 0 Å². The van der Waals surface area contributed by atoms with Crippen LogP contribution >= 0.6 is 12.4 Å². The number of aliphatic hydroxyl groups is 2. The van der Waals surface area contributed by atoms with E-state index in [0.717, 1.165) is 32.1 Å². The van der Waals surface area contributed by atoms with Crippen LogP contribution in [0.1, 0.15) is 90.9 Å². The second-order valence-corrected chi connectivity index (χ2v) is 12.6. The average Bonchev–Trinajstić information content (AvgIpc) is 3.11. The van der Waals surface area contributed by atoms with Gasteiger partial charge in [-0.05, 0) is 92.3 Å². The normalized spacial score (nSPS) is 49.8. The molecule has 0 heterocycles. The number of methoxy groups -OCH3 is 1. The molecule has 10 atom stereocenters. The highest BCUT2D eigenvalue weighted by Gasteiger charge is 2.65. The van der Waals surface area contributed by atoms with E-state index in [4.69, 9.17) is 4.74 Å². The Kier molecular flexibility index (Phi) is 7.48. The molecule has 3 N–H and O–H groups in total. The van der Waals surface area contributed by atoms with Gasteiger partial charge in [0, 0.05) is 12.1 Å². The van der Waals surface area contributed by atoms with Crippen molar-refractivity contribution in [1.82, 2.24) is 5.32 Å². The monoisotopic (exact) mass is 483 g/mol. The van der Waals surface area contributed by atoms with Crippen LogP contribution in [-0.4, -0.2) is 47.6 Å². The Bertz CT molecular complexity index is 714. The molecule has 0 aromatic heterocycles. The predicted molar refractivity (Wildman–Crippen MR) is 131 cm³/mol. The minimum Gasteiger partial charge on any atom is -0.469 e. The lowest BCUT2D eigenvalue weighted by molar-refractivity contribution is -0.175. The summed E-state index contributed by atoms with van der Waals surface area (Å²) < 4.78 is 5.28. The van der Waals surface area contributed by atoms with Gasteiger partial charge in [0.25, 0.3) is 0 Å². The van der Waals surface area contributed by atoms with Gasteiger partial charge in [-0.3, -0.25) is 4.79 Å². The van der Waals surface area contributed by atoms with E-state index in [1.54, 1.807) is 7.11 Å². The summed E-state index contributed by atoms with van der Waals surface area (Å²) in [5, 5.41) is 25.3. The molecule has 190 valence electrons. The van der Waals surface area contributed by atoms with E-state index in [9.17, 15) is 15.0 Å². The van der Waals surface area contributed by atoms with Crippen LogP contribution in [0.25, 0.3) is 0 Å². The molecule has 0 spiro atoms. The van der Waals surface area contributed by atoms with E-state index in [0.29, 0.717) is 42.2 Å². The number of esters is 1. The molecule has 0 radical (unpaired) electrons. The fraction of sp³-hybridized carbons (Fsp3) is 0.963.